The monoisotopic (exact) mass is 265 g/mol. The van der Waals surface area contributed by atoms with Crippen molar-refractivity contribution in [1.29, 1.82) is 0 Å². The highest BCUT2D eigenvalue weighted by molar-refractivity contribution is 6.32. The van der Waals surface area contributed by atoms with Crippen LogP contribution in [0.4, 0.5) is 11.5 Å². The Bertz CT molecular complexity index is 625. The minimum atomic E-state index is -0.388. The van der Waals surface area contributed by atoms with Gasteiger partial charge in [0.1, 0.15) is 10.8 Å². The second-order valence-electron chi connectivity index (χ2n) is 3.72. The molecule has 94 valence electrons. The van der Waals surface area contributed by atoms with Crippen LogP contribution in [0.15, 0.2) is 29.3 Å². The Labute approximate surface area is 109 Å². The Morgan fingerprint density at radius 3 is 2.94 bits per heavy atom. The third kappa shape index (κ3) is 2.46. The van der Waals surface area contributed by atoms with Crippen LogP contribution in [0.2, 0.25) is 5.02 Å². The Hall–Kier alpha value is -2.01. The van der Waals surface area contributed by atoms with Crippen molar-refractivity contribution in [2.75, 3.05) is 12.4 Å². The highest BCUT2D eigenvalue weighted by Gasteiger charge is 2.09. The predicted octanol–water partition coefficient (Wildman–Crippen LogP) is 2.48. The second kappa shape index (κ2) is 5.10. The van der Waals surface area contributed by atoms with E-state index >= 15 is 0 Å². The SMILES string of the molecule is COc1ccc(C)cc1Nc1nc[nH]c(=O)c1Cl. The van der Waals surface area contributed by atoms with Crippen molar-refractivity contribution in [3.8, 4) is 5.75 Å². The number of halogens is 1. The second-order valence-corrected chi connectivity index (χ2v) is 4.10. The number of aromatic amines is 1. The minimum absolute atomic E-state index is 0.0149. The van der Waals surface area contributed by atoms with Gasteiger partial charge < -0.3 is 15.0 Å². The van der Waals surface area contributed by atoms with E-state index in [1.807, 2.05) is 25.1 Å². The molecule has 0 saturated heterocycles. The molecular weight excluding hydrogens is 254 g/mol. The molecule has 18 heavy (non-hydrogen) atoms. The molecule has 0 amide bonds. The average Bonchev–Trinajstić information content (AvgIpc) is 2.35. The zero-order valence-corrected chi connectivity index (χ0v) is 10.7. The fourth-order valence-corrected chi connectivity index (χ4v) is 1.67. The van der Waals surface area contributed by atoms with Crippen molar-refractivity contribution in [3.63, 3.8) is 0 Å². The summed E-state index contributed by atoms with van der Waals surface area (Å²) in [5.74, 6) is 0.947. The van der Waals surface area contributed by atoms with Crippen LogP contribution in [-0.2, 0) is 0 Å². The van der Waals surface area contributed by atoms with Crippen LogP contribution >= 0.6 is 11.6 Å². The first kappa shape index (κ1) is 12.4. The highest BCUT2D eigenvalue weighted by atomic mass is 35.5. The van der Waals surface area contributed by atoms with Gasteiger partial charge in [-0.25, -0.2) is 4.98 Å². The van der Waals surface area contributed by atoms with Crippen molar-refractivity contribution in [2.24, 2.45) is 0 Å². The predicted molar refractivity (Wildman–Crippen MR) is 70.9 cm³/mol. The largest absolute Gasteiger partial charge is 0.495 e. The van der Waals surface area contributed by atoms with Crippen LogP contribution in [0.3, 0.4) is 0 Å². The molecule has 0 bridgehead atoms. The Kier molecular flexibility index (Phi) is 3.53. The number of anilines is 2. The Morgan fingerprint density at radius 1 is 1.44 bits per heavy atom. The van der Waals surface area contributed by atoms with Crippen LogP contribution in [0, 0.1) is 6.92 Å². The molecular formula is C12H12ClN3O2. The summed E-state index contributed by atoms with van der Waals surface area (Å²) in [5, 5.41) is 3.00. The number of hydrogen-bond donors (Lipinski definition) is 2. The third-order valence-corrected chi connectivity index (χ3v) is 2.76. The number of H-pyrrole nitrogens is 1. The van der Waals surface area contributed by atoms with E-state index in [0.29, 0.717) is 17.3 Å². The lowest BCUT2D eigenvalue weighted by atomic mass is 10.2. The van der Waals surface area contributed by atoms with Gasteiger partial charge in [0.15, 0.2) is 5.82 Å². The van der Waals surface area contributed by atoms with Crippen molar-refractivity contribution >= 4 is 23.1 Å². The lowest BCUT2D eigenvalue weighted by molar-refractivity contribution is 0.416. The van der Waals surface area contributed by atoms with Crippen LogP contribution in [0.25, 0.3) is 0 Å². The molecule has 0 aliphatic carbocycles. The highest BCUT2D eigenvalue weighted by Crippen LogP contribution is 2.29. The van der Waals surface area contributed by atoms with Crippen LogP contribution in [-0.4, -0.2) is 17.1 Å². The van der Waals surface area contributed by atoms with Crippen LogP contribution in [0.5, 0.6) is 5.75 Å². The van der Waals surface area contributed by atoms with Crippen molar-refractivity contribution in [2.45, 2.75) is 6.92 Å². The number of nitrogens with one attached hydrogen (secondary N) is 2. The molecule has 2 N–H and O–H groups in total. The van der Waals surface area contributed by atoms with E-state index in [4.69, 9.17) is 16.3 Å². The fourth-order valence-electron chi connectivity index (χ4n) is 1.52. The zero-order chi connectivity index (χ0) is 13.1. The standard InChI is InChI=1S/C12H12ClN3O2/c1-7-3-4-9(18-2)8(5-7)16-11-10(13)12(17)15-6-14-11/h3-6H,1-2H3,(H2,14,15,16,17). The van der Waals surface area contributed by atoms with E-state index in [9.17, 15) is 4.79 Å². The maximum Gasteiger partial charge on any atom is 0.271 e. The number of methoxy groups -OCH3 is 1. The maximum atomic E-state index is 11.4. The smallest absolute Gasteiger partial charge is 0.271 e. The summed E-state index contributed by atoms with van der Waals surface area (Å²) in [7, 11) is 1.57. The normalized spacial score (nSPS) is 10.2. The average molecular weight is 266 g/mol. The van der Waals surface area contributed by atoms with Gasteiger partial charge in [-0.2, -0.15) is 0 Å². The molecule has 0 spiro atoms. The minimum Gasteiger partial charge on any atom is -0.495 e. The first-order valence-corrected chi connectivity index (χ1v) is 5.64. The molecule has 6 heteroatoms. The molecule has 2 aromatic rings. The summed E-state index contributed by atoms with van der Waals surface area (Å²) >= 11 is 5.87. The molecule has 0 fully saturated rings. The molecule has 0 aliphatic rings. The molecule has 0 saturated carbocycles. The summed E-state index contributed by atoms with van der Waals surface area (Å²) < 4.78 is 5.22. The van der Waals surface area contributed by atoms with E-state index in [1.165, 1.54) is 6.33 Å². The molecule has 1 aromatic carbocycles. The zero-order valence-electron chi connectivity index (χ0n) is 9.95. The summed E-state index contributed by atoms with van der Waals surface area (Å²) in [6.07, 6.45) is 1.29. The van der Waals surface area contributed by atoms with Gasteiger partial charge in [-0.3, -0.25) is 4.79 Å². The number of nitrogens with zero attached hydrogens (tertiary/aromatic N) is 1. The summed E-state index contributed by atoms with van der Waals surface area (Å²) in [6, 6.07) is 5.65. The lowest BCUT2D eigenvalue weighted by Gasteiger charge is -2.11. The number of aryl methyl sites for hydroxylation is 1. The molecule has 0 unspecified atom stereocenters. The van der Waals surface area contributed by atoms with Gasteiger partial charge in [0, 0.05) is 0 Å². The first-order chi connectivity index (χ1) is 8.61. The number of benzene rings is 1. The summed E-state index contributed by atoms with van der Waals surface area (Å²) in [5.41, 5.74) is 1.37. The molecule has 5 nitrogen and oxygen atoms in total. The van der Waals surface area contributed by atoms with Crippen molar-refractivity contribution in [3.05, 3.63) is 45.5 Å². The van der Waals surface area contributed by atoms with Gasteiger partial charge in [-0.1, -0.05) is 17.7 Å². The molecule has 2 rings (SSSR count). The lowest BCUT2D eigenvalue weighted by Crippen LogP contribution is -2.10. The molecule has 0 radical (unpaired) electrons. The van der Waals surface area contributed by atoms with Gasteiger partial charge in [0.25, 0.3) is 5.56 Å². The molecule has 0 aliphatic heterocycles. The number of ether oxygens (including phenoxy) is 1. The van der Waals surface area contributed by atoms with Crippen molar-refractivity contribution in [1.82, 2.24) is 9.97 Å². The van der Waals surface area contributed by atoms with Crippen molar-refractivity contribution < 1.29 is 4.74 Å². The van der Waals surface area contributed by atoms with Gasteiger partial charge in [0.05, 0.1) is 19.1 Å². The van der Waals surface area contributed by atoms with E-state index in [-0.39, 0.29) is 10.6 Å². The van der Waals surface area contributed by atoms with E-state index in [0.717, 1.165) is 5.56 Å². The molecule has 1 heterocycles. The van der Waals surface area contributed by atoms with E-state index in [1.54, 1.807) is 7.11 Å². The number of rotatable bonds is 3. The van der Waals surface area contributed by atoms with Gasteiger partial charge in [0.2, 0.25) is 0 Å². The van der Waals surface area contributed by atoms with Gasteiger partial charge in [-0.05, 0) is 24.6 Å². The van der Waals surface area contributed by atoms with Crippen LogP contribution in [0.1, 0.15) is 5.56 Å². The quantitative estimate of drug-likeness (QED) is 0.895. The maximum absolute atomic E-state index is 11.4. The van der Waals surface area contributed by atoms with E-state index < -0.39 is 0 Å². The summed E-state index contributed by atoms with van der Waals surface area (Å²) in [4.78, 5) is 17.7. The third-order valence-electron chi connectivity index (χ3n) is 2.40. The fraction of sp³-hybridized carbons (Fsp3) is 0.167. The van der Waals surface area contributed by atoms with Gasteiger partial charge >= 0.3 is 0 Å². The molecule has 0 atom stereocenters. The van der Waals surface area contributed by atoms with Gasteiger partial charge in [-0.15, -0.1) is 0 Å². The molecule has 1 aromatic heterocycles. The first-order valence-electron chi connectivity index (χ1n) is 5.26. The van der Waals surface area contributed by atoms with E-state index in [2.05, 4.69) is 15.3 Å². The topological polar surface area (TPSA) is 67.0 Å². The van der Waals surface area contributed by atoms with Crippen LogP contribution < -0.4 is 15.6 Å². The number of hydrogen-bond acceptors (Lipinski definition) is 4. The summed E-state index contributed by atoms with van der Waals surface area (Å²) in [6.45, 7) is 1.96. The Balaban J connectivity index is 2.42. The number of aromatic nitrogens is 2. The Morgan fingerprint density at radius 2 is 2.22 bits per heavy atom.